The fraction of sp³-hybridized carbons (Fsp3) is 0.400. The topological polar surface area (TPSA) is 20.2 Å². The Bertz CT molecular complexity index is 271. The van der Waals surface area contributed by atoms with Gasteiger partial charge in [0, 0.05) is 4.47 Å². The van der Waals surface area contributed by atoms with Crippen LogP contribution in [0.5, 0.6) is 0 Å². The summed E-state index contributed by atoms with van der Waals surface area (Å²) < 4.78 is 1.09. The quantitative estimate of drug-likeness (QED) is 0.825. The van der Waals surface area contributed by atoms with Crippen LogP contribution in [0.15, 0.2) is 22.7 Å². The fourth-order valence-corrected chi connectivity index (χ4v) is 1.36. The zero-order chi connectivity index (χ0) is 9.14. The van der Waals surface area contributed by atoms with Crippen molar-refractivity contribution in [2.24, 2.45) is 0 Å². The first-order valence-corrected chi connectivity index (χ1v) is 4.88. The summed E-state index contributed by atoms with van der Waals surface area (Å²) in [7, 11) is 0. The van der Waals surface area contributed by atoms with Crippen LogP contribution in [0.3, 0.4) is 0 Å². The Balaban J connectivity index is 2.96. The summed E-state index contributed by atoms with van der Waals surface area (Å²) in [5, 5.41) is 9.53. The molecule has 1 nitrogen and oxygen atoms in total. The zero-order valence-corrected chi connectivity index (χ0v) is 8.93. The maximum Gasteiger partial charge on any atom is 0.0787 e. The van der Waals surface area contributed by atoms with Gasteiger partial charge in [-0.2, -0.15) is 0 Å². The number of aryl methyl sites for hydroxylation is 1. The predicted octanol–water partition coefficient (Wildman–Crippen LogP) is 3.20. The monoisotopic (exact) mass is 228 g/mol. The average molecular weight is 229 g/mol. The van der Waals surface area contributed by atoms with Gasteiger partial charge < -0.3 is 5.11 Å². The molecule has 0 unspecified atom stereocenters. The molecule has 66 valence electrons. The van der Waals surface area contributed by atoms with E-state index in [9.17, 15) is 5.11 Å². The first-order chi connectivity index (χ1) is 5.65. The van der Waals surface area contributed by atoms with E-state index in [1.54, 1.807) is 0 Å². The lowest BCUT2D eigenvalue weighted by Crippen LogP contribution is -1.95. The van der Waals surface area contributed by atoms with E-state index < -0.39 is 0 Å². The van der Waals surface area contributed by atoms with Crippen LogP contribution >= 0.6 is 15.9 Å². The molecule has 0 heterocycles. The second-order valence-corrected chi connectivity index (χ2v) is 3.79. The summed E-state index contributed by atoms with van der Waals surface area (Å²) in [6.07, 6.45) is 0.443. The summed E-state index contributed by atoms with van der Waals surface area (Å²) >= 11 is 3.42. The molecule has 0 aliphatic rings. The number of rotatable bonds is 2. The number of halogens is 1. The predicted molar refractivity (Wildman–Crippen MR) is 54.1 cm³/mol. The van der Waals surface area contributed by atoms with E-state index in [-0.39, 0.29) is 6.10 Å². The minimum Gasteiger partial charge on any atom is -0.388 e. The maximum atomic E-state index is 9.53. The van der Waals surface area contributed by atoms with Gasteiger partial charge in [-0.3, -0.25) is 0 Å². The molecule has 0 bridgehead atoms. The normalized spacial score (nSPS) is 13.0. The molecule has 0 radical (unpaired) electrons. The second-order valence-electron chi connectivity index (χ2n) is 2.93. The van der Waals surface area contributed by atoms with E-state index in [0.717, 1.165) is 16.5 Å². The third-order valence-electron chi connectivity index (χ3n) is 1.95. The van der Waals surface area contributed by atoms with E-state index in [4.69, 9.17) is 0 Å². The van der Waals surface area contributed by atoms with Crippen molar-refractivity contribution in [3.05, 3.63) is 33.8 Å². The van der Waals surface area contributed by atoms with E-state index in [1.807, 2.05) is 32.0 Å². The molecule has 1 atom stereocenters. The van der Waals surface area contributed by atoms with Crippen molar-refractivity contribution in [3.63, 3.8) is 0 Å². The molecule has 0 aromatic heterocycles. The standard InChI is InChI=1S/C10H13BrO/c1-3-10(12)8-4-5-9(11)7(2)6-8/h4-6,10,12H,3H2,1-2H3/t10-/m0/s1. The maximum absolute atomic E-state index is 9.53. The van der Waals surface area contributed by atoms with Crippen molar-refractivity contribution in [2.75, 3.05) is 0 Å². The Hall–Kier alpha value is -0.340. The molecule has 0 amide bonds. The summed E-state index contributed by atoms with van der Waals surface area (Å²) in [5.41, 5.74) is 2.17. The molecule has 12 heavy (non-hydrogen) atoms. The average Bonchev–Trinajstić information content (AvgIpc) is 2.08. The number of hydrogen-bond donors (Lipinski definition) is 1. The Morgan fingerprint density at radius 3 is 2.67 bits per heavy atom. The summed E-state index contributed by atoms with van der Waals surface area (Å²) in [6.45, 7) is 4.00. The lowest BCUT2D eigenvalue weighted by Gasteiger charge is -2.09. The minimum absolute atomic E-state index is 0.322. The van der Waals surface area contributed by atoms with Crippen LogP contribution in [0.2, 0.25) is 0 Å². The van der Waals surface area contributed by atoms with Gasteiger partial charge in [0.15, 0.2) is 0 Å². The van der Waals surface area contributed by atoms with Crippen molar-refractivity contribution >= 4 is 15.9 Å². The molecule has 1 aromatic carbocycles. The Morgan fingerprint density at radius 2 is 2.17 bits per heavy atom. The molecule has 1 N–H and O–H groups in total. The second kappa shape index (κ2) is 4.06. The summed E-state index contributed by atoms with van der Waals surface area (Å²) in [6, 6.07) is 5.94. The van der Waals surface area contributed by atoms with Crippen molar-refractivity contribution in [2.45, 2.75) is 26.4 Å². The van der Waals surface area contributed by atoms with Crippen LogP contribution < -0.4 is 0 Å². The molecule has 0 aliphatic carbocycles. The largest absolute Gasteiger partial charge is 0.388 e. The van der Waals surface area contributed by atoms with Gasteiger partial charge in [-0.15, -0.1) is 0 Å². The molecule has 0 saturated carbocycles. The van der Waals surface area contributed by atoms with Gasteiger partial charge in [0.05, 0.1) is 6.10 Å². The summed E-state index contributed by atoms with van der Waals surface area (Å²) in [4.78, 5) is 0. The molecule has 2 heteroatoms. The van der Waals surface area contributed by atoms with Gasteiger partial charge in [-0.05, 0) is 30.5 Å². The molecular formula is C10H13BrO. The number of benzene rings is 1. The Morgan fingerprint density at radius 1 is 1.50 bits per heavy atom. The first kappa shape index (κ1) is 9.75. The molecule has 1 rings (SSSR count). The highest BCUT2D eigenvalue weighted by atomic mass is 79.9. The van der Waals surface area contributed by atoms with Crippen molar-refractivity contribution in [3.8, 4) is 0 Å². The molecule has 0 aliphatic heterocycles. The Labute approximate surface area is 81.6 Å². The third kappa shape index (κ3) is 2.08. The van der Waals surface area contributed by atoms with Crippen LogP contribution in [0.25, 0.3) is 0 Å². The molecule has 0 spiro atoms. The number of aliphatic hydroxyl groups is 1. The van der Waals surface area contributed by atoms with Gasteiger partial charge in [0.2, 0.25) is 0 Å². The number of aliphatic hydroxyl groups excluding tert-OH is 1. The molecule has 0 saturated heterocycles. The van der Waals surface area contributed by atoms with Crippen LogP contribution in [0, 0.1) is 6.92 Å². The van der Waals surface area contributed by atoms with Crippen LogP contribution in [-0.4, -0.2) is 5.11 Å². The van der Waals surface area contributed by atoms with Gasteiger partial charge in [0.25, 0.3) is 0 Å². The third-order valence-corrected chi connectivity index (χ3v) is 2.84. The lowest BCUT2D eigenvalue weighted by molar-refractivity contribution is 0.173. The highest BCUT2D eigenvalue weighted by molar-refractivity contribution is 9.10. The van der Waals surface area contributed by atoms with Crippen molar-refractivity contribution in [1.82, 2.24) is 0 Å². The van der Waals surface area contributed by atoms with E-state index in [2.05, 4.69) is 15.9 Å². The van der Waals surface area contributed by atoms with Gasteiger partial charge in [-0.25, -0.2) is 0 Å². The fourth-order valence-electron chi connectivity index (χ4n) is 1.11. The van der Waals surface area contributed by atoms with E-state index in [1.165, 1.54) is 5.56 Å². The van der Waals surface area contributed by atoms with E-state index >= 15 is 0 Å². The van der Waals surface area contributed by atoms with Crippen LogP contribution in [-0.2, 0) is 0 Å². The molecule has 0 fully saturated rings. The van der Waals surface area contributed by atoms with Crippen LogP contribution in [0.4, 0.5) is 0 Å². The van der Waals surface area contributed by atoms with Gasteiger partial charge in [-0.1, -0.05) is 35.0 Å². The molecule has 1 aromatic rings. The number of hydrogen-bond acceptors (Lipinski definition) is 1. The van der Waals surface area contributed by atoms with Gasteiger partial charge in [0.1, 0.15) is 0 Å². The molecular weight excluding hydrogens is 216 g/mol. The van der Waals surface area contributed by atoms with Gasteiger partial charge >= 0.3 is 0 Å². The van der Waals surface area contributed by atoms with Crippen molar-refractivity contribution < 1.29 is 5.11 Å². The lowest BCUT2D eigenvalue weighted by atomic mass is 10.1. The SMILES string of the molecule is CC[C@H](O)c1ccc(Br)c(C)c1. The zero-order valence-electron chi connectivity index (χ0n) is 7.34. The smallest absolute Gasteiger partial charge is 0.0787 e. The highest BCUT2D eigenvalue weighted by Gasteiger charge is 2.05. The first-order valence-electron chi connectivity index (χ1n) is 4.09. The highest BCUT2D eigenvalue weighted by Crippen LogP contribution is 2.22. The minimum atomic E-state index is -0.322. The van der Waals surface area contributed by atoms with Crippen molar-refractivity contribution in [1.29, 1.82) is 0 Å². The summed E-state index contributed by atoms with van der Waals surface area (Å²) in [5.74, 6) is 0. The Kier molecular flexibility index (Phi) is 3.29. The van der Waals surface area contributed by atoms with E-state index in [0.29, 0.717) is 0 Å². The van der Waals surface area contributed by atoms with Crippen LogP contribution in [0.1, 0.15) is 30.6 Å².